The molecule has 0 heterocycles. The van der Waals surface area contributed by atoms with Crippen LogP contribution in [0.25, 0.3) is 0 Å². The second-order valence-electron chi connectivity index (χ2n) is 17.6. The van der Waals surface area contributed by atoms with E-state index in [4.69, 9.17) is 27.8 Å². The van der Waals surface area contributed by atoms with Crippen LogP contribution in [-0.2, 0) is 56.5 Å². The Morgan fingerprint density at radius 1 is 0.519 bits per heavy atom. The maximum Gasteiger partial charge on any atom is 0.515 e. The molecule has 16 heteroatoms. The maximum absolute atomic E-state index is 13.0. The van der Waals surface area contributed by atoms with Crippen LogP contribution in [0.2, 0.25) is 36.3 Å². The molecule has 2 aliphatic rings. The molecule has 14 nitrogen and oxygen atoms in total. The molecule has 0 aromatic rings. The summed E-state index contributed by atoms with van der Waals surface area (Å²) in [7, 11) is 0.168. The summed E-state index contributed by atoms with van der Waals surface area (Å²) in [5, 5.41) is -0.217. The summed E-state index contributed by atoms with van der Waals surface area (Å²) in [6.07, 6.45) is 3.90. The van der Waals surface area contributed by atoms with Crippen LogP contribution in [0.1, 0.15) is 82.1 Å². The van der Waals surface area contributed by atoms with Gasteiger partial charge < -0.3 is 37.3 Å². The summed E-state index contributed by atoms with van der Waals surface area (Å²) >= 11 is 0. The van der Waals surface area contributed by atoms with E-state index in [1.165, 1.54) is 14.2 Å². The molecule has 2 aliphatic carbocycles. The van der Waals surface area contributed by atoms with E-state index in [1.807, 2.05) is 6.08 Å². The molecule has 308 valence electrons. The highest BCUT2D eigenvalue weighted by Gasteiger charge is 2.64. The minimum Gasteiger partial charge on any atom is -0.469 e. The predicted octanol–water partition coefficient (Wildman–Crippen LogP) is 7.66. The zero-order valence-corrected chi connectivity index (χ0v) is 37.6. The Kier molecular flexibility index (Phi) is 15.5. The standard InChI is InChI=1S/2C19H32O7Si/c1-17(2,3)27(8,9)26-13-11-10-12-18(4,14(20)25-16(22)24-7)19(13,5)15(21)23-6;1-17(2,3)27(8,9)26-13-11-10-12-18(4,14(20)23-6)19(13,5)15(21)25-16(22)24-7/h2*10-11,13H,12H2,1-9H3/t2*13-,18-,19+/m11/s1. The highest BCUT2D eigenvalue weighted by molar-refractivity contribution is 6.74. The SMILES string of the molecule is COC(=O)OC(=O)[C@@]1(C)CC=C[C@@H](O[Si](C)(C)C(C)(C)C)[C@@]1(C)C(=O)OC.COC(=O)OC(=O)[C@]1(C)[C@H](O[Si](C)(C)C(C)(C)C)C=CC[C@]1(C)C(=O)OC. The second-order valence-corrected chi connectivity index (χ2v) is 27.1. The second kappa shape index (κ2) is 17.2. The van der Waals surface area contributed by atoms with Crippen molar-refractivity contribution in [2.24, 2.45) is 21.7 Å². The van der Waals surface area contributed by atoms with Crippen LogP contribution < -0.4 is 0 Å². The minimum absolute atomic E-state index is 0.0990. The van der Waals surface area contributed by atoms with Gasteiger partial charge in [0.25, 0.3) is 0 Å². The van der Waals surface area contributed by atoms with E-state index in [9.17, 15) is 28.8 Å². The normalized spacial score (nSPS) is 28.4. The molecule has 0 saturated carbocycles. The zero-order chi connectivity index (χ0) is 42.5. The fraction of sp³-hybridized carbons (Fsp3) is 0.737. The van der Waals surface area contributed by atoms with Crippen LogP contribution in [0.3, 0.4) is 0 Å². The van der Waals surface area contributed by atoms with Crippen molar-refractivity contribution in [3.05, 3.63) is 24.3 Å². The molecule has 0 unspecified atom stereocenters. The van der Waals surface area contributed by atoms with Gasteiger partial charge in [-0.2, -0.15) is 0 Å². The first-order valence-corrected chi connectivity index (χ1v) is 23.6. The quantitative estimate of drug-likeness (QED) is 0.0768. The number of carbonyl (C=O) groups is 6. The van der Waals surface area contributed by atoms with Crippen LogP contribution in [0.15, 0.2) is 24.3 Å². The predicted molar refractivity (Wildman–Crippen MR) is 205 cm³/mol. The molecule has 54 heavy (non-hydrogen) atoms. The molecule has 0 saturated heterocycles. The molecule has 2 rings (SSSR count). The van der Waals surface area contributed by atoms with E-state index < -0.39 is 86.7 Å². The Bertz CT molecular complexity index is 1490. The van der Waals surface area contributed by atoms with Crippen molar-refractivity contribution in [2.75, 3.05) is 28.4 Å². The average molecular weight is 801 g/mol. The van der Waals surface area contributed by atoms with Gasteiger partial charge in [-0.05, 0) is 76.8 Å². The fourth-order valence-corrected chi connectivity index (χ4v) is 8.36. The van der Waals surface area contributed by atoms with Crippen LogP contribution in [0.5, 0.6) is 0 Å². The van der Waals surface area contributed by atoms with E-state index in [1.54, 1.807) is 45.9 Å². The maximum atomic E-state index is 13.0. The van der Waals surface area contributed by atoms with Gasteiger partial charge in [0.1, 0.15) is 10.8 Å². The Hall–Kier alpha value is -3.35. The van der Waals surface area contributed by atoms with Crippen LogP contribution in [-0.4, -0.2) is 93.5 Å². The molecular formula is C38H64O14Si2. The van der Waals surface area contributed by atoms with Crippen LogP contribution in [0.4, 0.5) is 9.59 Å². The number of ether oxygens (including phenoxy) is 6. The lowest BCUT2D eigenvalue weighted by Gasteiger charge is -2.50. The Morgan fingerprint density at radius 3 is 1.15 bits per heavy atom. The number of hydrogen-bond donors (Lipinski definition) is 0. The molecule has 0 bridgehead atoms. The third kappa shape index (κ3) is 9.36. The highest BCUT2D eigenvalue weighted by Crippen LogP contribution is 2.54. The molecule has 0 N–H and O–H groups in total. The van der Waals surface area contributed by atoms with Crippen molar-refractivity contribution >= 4 is 52.8 Å². The number of rotatable bonds is 8. The Labute approximate surface area is 323 Å². The third-order valence-corrected chi connectivity index (χ3v) is 21.3. The zero-order valence-electron chi connectivity index (χ0n) is 35.6. The number of allylic oxidation sites excluding steroid dienone is 2. The van der Waals surface area contributed by atoms with Gasteiger partial charge in [0.15, 0.2) is 16.6 Å². The summed E-state index contributed by atoms with van der Waals surface area (Å²) in [6, 6.07) is 0. The van der Waals surface area contributed by atoms with Crippen LogP contribution in [0, 0.1) is 21.7 Å². The molecule has 6 atom stereocenters. The van der Waals surface area contributed by atoms with E-state index in [0.717, 1.165) is 14.2 Å². The minimum atomic E-state index is -2.31. The monoisotopic (exact) mass is 800 g/mol. The molecule has 0 fully saturated rings. The highest BCUT2D eigenvalue weighted by atomic mass is 28.4. The Morgan fingerprint density at radius 2 is 0.833 bits per heavy atom. The first-order chi connectivity index (χ1) is 24.3. The summed E-state index contributed by atoms with van der Waals surface area (Å²) in [5.74, 6) is -2.90. The molecular weight excluding hydrogens is 737 g/mol. The lowest BCUT2D eigenvalue weighted by atomic mass is 9.58. The average Bonchev–Trinajstić information content (AvgIpc) is 3.06. The lowest BCUT2D eigenvalue weighted by Crippen LogP contribution is -2.61. The van der Waals surface area contributed by atoms with Crippen LogP contribution >= 0.6 is 0 Å². The van der Waals surface area contributed by atoms with Crippen molar-refractivity contribution in [1.82, 2.24) is 0 Å². The topological polar surface area (TPSA) is 176 Å². The van der Waals surface area contributed by atoms with Crippen molar-refractivity contribution in [3.63, 3.8) is 0 Å². The van der Waals surface area contributed by atoms with E-state index in [-0.39, 0.29) is 22.9 Å². The van der Waals surface area contributed by atoms with Gasteiger partial charge in [-0.1, -0.05) is 65.8 Å². The molecule has 0 aromatic heterocycles. The summed E-state index contributed by atoms with van der Waals surface area (Å²) in [5.41, 5.74) is -5.49. The summed E-state index contributed by atoms with van der Waals surface area (Å²) < 4.78 is 41.5. The summed E-state index contributed by atoms with van der Waals surface area (Å²) in [4.78, 5) is 74.4. The lowest BCUT2D eigenvalue weighted by molar-refractivity contribution is -0.183. The number of carbonyl (C=O) groups excluding carboxylic acids is 6. The number of hydrogen-bond acceptors (Lipinski definition) is 14. The third-order valence-electron chi connectivity index (χ3n) is 12.4. The molecule has 0 amide bonds. The van der Waals surface area contributed by atoms with Gasteiger partial charge >= 0.3 is 36.2 Å². The molecule has 0 radical (unpaired) electrons. The van der Waals surface area contributed by atoms with Crippen molar-refractivity contribution in [1.29, 1.82) is 0 Å². The molecule has 0 aromatic carbocycles. The summed E-state index contributed by atoms with van der Waals surface area (Å²) in [6.45, 7) is 27.2. The number of methoxy groups -OCH3 is 4. The molecule has 0 aliphatic heterocycles. The van der Waals surface area contributed by atoms with E-state index in [2.05, 4.69) is 77.2 Å². The smallest absolute Gasteiger partial charge is 0.469 e. The van der Waals surface area contributed by atoms with E-state index in [0.29, 0.717) is 0 Å². The van der Waals surface area contributed by atoms with Crippen molar-refractivity contribution < 1.29 is 66.0 Å². The van der Waals surface area contributed by atoms with Gasteiger partial charge in [-0.3, -0.25) is 19.2 Å². The van der Waals surface area contributed by atoms with Gasteiger partial charge in [0.05, 0.1) is 51.5 Å². The largest absolute Gasteiger partial charge is 0.515 e. The number of esters is 4. The first-order valence-electron chi connectivity index (χ1n) is 17.8. The van der Waals surface area contributed by atoms with E-state index >= 15 is 0 Å². The van der Waals surface area contributed by atoms with Gasteiger partial charge in [0.2, 0.25) is 0 Å². The Balaban J connectivity index is 0.000000540. The first kappa shape index (κ1) is 48.7. The van der Waals surface area contributed by atoms with Gasteiger partial charge in [-0.25, -0.2) is 9.59 Å². The van der Waals surface area contributed by atoms with Crippen molar-refractivity contribution in [2.45, 2.75) is 131 Å². The van der Waals surface area contributed by atoms with Gasteiger partial charge in [0, 0.05) is 0 Å². The fourth-order valence-electron chi connectivity index (χ4n) is 5.76. The van der Waals surface area contributed by atoms with Crippen molar-refractivity contribution in [3.8, 4) is 0 Å². The van der Waals surface area contributed by atoms with Gasteiger partial charge in [-0.15, -0.1) is 0 Å². The molecule has 0 spiro atoms.